The van der Waals surface area contributed by atoms with E-state index in [1.54, 1.807) is 0 Å². The molecule has 3 fully saturated rings. The molecular formula is C15H27ClN2OS. The lowest BCUT2D eigenvalue weighted by atomic mass is 9.67. The lowest BCUT2D eigenvalue weighted by molar-refractivity contribution is -0.134. The van der Waals surface area contributed by atoms with Crippen LogP contribution in [-0.4, -0.2) is 37.0 Å². The van der Waals surface area contributed by atoms with Gasteiger partial charge in [-0.05, 0) is 55.6 Å². The van der Waals surface area contributed by atoms with Gasteiger partial charge in [-0.25, -0.2) is 0 Å². The second-order valence-electron chi connectivity index (χ2n) is 6.50. The molecule has 116 valence electrons. The number of thioether (sulfide) groups is 1. The maximum Gasteiger partial charge on any atom is 0.227 e. The van der Waals surface area contributed by atoms with E-state index in [2.05, 4.69) is 22.4 Å². The first-order valence-electron chi connectivity index (χ1n) is 7.88. The average Bonchev–Trinajstić information content (AvgIpc) is 2.91. The fraction of sp³-hybridized carbons (Fsp3) is 0.933. The molecular weight excluding hydrogens is 292 g/mol. The summed E-state index contributed by atoms with van der Waals surface area (Å²) >= 11 is 2.05. The summed E-state index contributed by atoms with van der Waals surface area (Å²) in [6, 6.07) is 0. The van der Waals surface area contributed by atoms with Crippen LogP contribution in [-0.2, 0) is 4.79 Å². The van der Waals surface area contributed by atoms with Crippen LogP contribution in [0, 0.1) is 17.3 Å². The van der Waals surface area contributed by atoms with Crippen molar-refractivity contribution in [2.75, 3.05) is 31.1 Å². The van der Waals surface area contributed by atoms with Crippen LogP contribution < -0.4 is 10.6 Å². The maximum atomic E-state index is 12.7. The van der Waals surface area contributed by atoms with E-state index >= 15 is 0 Å². The van der Waals surface area contributed by atoms with Crippen molar-refractivity contribution in [3.8, 4) is 0 Å². The topological polar surface area (TPSA) is 41.1 Å². The third kappa shape index (κ3) is 3.28. The Morgan fingerprint density at radius 1 is 1.25 bits per heavy atom. The van der Waals surface area contributed by atoms with Crippen molar-refractivity contribution >= 4 is 30.1 Å². The molecule has 0 bridgehead atoms. The van der Waals surface area contributed by atoms with Crippen molar-refractivity contribution in [2.24, 2.45) is 17.3 Å². The highest BCUT2D eigenvalue weighted by Crippen LogP contribution is 2.43. The smallest absolute Gasteiger partial charge is 0.227 e. The first-order chi connectivity index (χ1) is 9.31. The van der Waals surface area contributed by atoms with Crippen LogP contribution in [0.5, 0.6) is 0 Å². The Labute approximate surface area is 132 Å². The van der Waals surface area contributed by atoms with Crippen molar-refractivity contribution in [1.82, 2.24) is 10.6 Å². The van der Waals surface area contributed by atoms with Gasteiger partial charge in [0, 0.05) is 13.1 Å². The van der Waals surface area contributed by atoms with Crippen LogP contribution in [0.4, 0.5) is 0 Å². The lowest BCUT2D eigenvalue weighted by Gasteiger charge is -2.37. The third-order valence-electron chi connectivity index (χ3n) is 5.38. The van der Waals surface area contributed by atoms with E-state index in [4.69, 9.17) is 0 Å². The van der Waals surface area contributed by atoms with Crippen molar-refractivity contribution < 1.29 is 4.79 Å². The molecule has 0 aromatic rings. The third-order valence-corrected chi connectivity index (χ3v) is 6.43. The van der Waals surface area contributed by atoms with Crippen LogP contribution in [0.1, 0.15) is 38.5 Å². The quantitative estimate of drug-likeness (QED) is 0.840. The first-order valence-corrected chi connectivity index (χ1v) is 9.03. The fourth-order valence-electron chi connectivity index (χ4n) is 4.05. The summed E-state index contributed by atoms with van der Waals surface area (Å²) in [7, 11) is 0. The van der Waals surface area contributed by atoms with E-state index in [1.807, 2.05) is 0 Å². The molecule has 0 unspecified atom stereocenters. The summed E-state index contributed by atoms with van der Waals surface area (Å²) in [6.45, 7) is 2.87. The number of amides is 1. The maximum absolute atomic E-state index is 12.7. The Bertz CT molecular complexity index is 336. The fourth-order valence-corrected chi connectivity index (χ4v) is 5.26. The lowest BCUT2D eigenvalue weighted by Crippen LogP contribution is -2.49. The molecule has 0 aromatic heterocycles. The van der Waals surface area contributed by atoms with Crippen LogP contribution in [0.25, 0.3) is 0 Å². The molecule has 1 saturated carbocycles. The standard InChI is InChI=1S/C15H26N2OS.ClH/c18-14(17-9-12-4-7-19-8-5-12)15-6-2-1-3-13(15)10-16-11-15;/h12-13,16H,1-11H2,(H,17,18);1H/t13-,15+;/m0./s1. The zero-order valence-electron chi connectivity index (χ0n) is 12.2. The molecule has 3 nitrogen and oxygen atoms in total. The SMILES string of the molecule is Cl.O=C(NCC1CCSCC1)[C@@]12CCCC[C@H]1CNC2. The van der Waals surface area contributed by atoms with E-state index in [1.165, 1.54) is 43.6 Å². The molecule has 1 amide bonds. The van der Waals surface area contributed by atoms with Gasteiger partial charge in [0.15, 0.2) is 0 Å². The summed E-state index contributed by atoms with van der Waals surface area (Å²) in [4.78, 5) is 12.7. The highest BCUT2D eigenvalue weighted by Gasteiger charge is 2.49. The Morgan fingerprint density at radius 2 is 2.05 bits per heavy atom. The number of fused-ring (bicyclic) bond motifs is 1. The molecule has 3 rings (SSSR count). The molecule has 2 heterocycles. The molecule has 2 atom stereocenters. The van der Waals surface area contributed by atoms with Gasteiger partial charge in [0.25, 0.3) is 0 Å². The minimum absolute atomic E-state index is 0. The molecule has 20 heavy (non-hydrogen) atoms. The number of hydrogen-bond acceptors (Lipinski definition) is 3. The number of halogens is 1. The molecule has 1 aliphatic carbocycles. The number of nitrogens with one attached hydrogen (secondary N) is 2. The number of carbonyl (C=O) groups excluding carboxylic acids is 1. The molecule has 0 radical (unpaired) electrons. The van der Waals surface area contributed by atoms with Crippen molar-refractivity contribution in [1.29, 1.82) is 0 Å². The molecule has 2 saturated heterocycles. The van der Waals surface area contributed by atoms with E-state index in [0.29, 0.717) is 11.8 Å². The highest BCUT2D eigenvalue weighted by atomic mass is 35.5. The zero-order valence-corrected chi connectivity index (χ0v) is 13.8. The Kier molecular flexibility index (Phi) is 6.06. The van der Waals surface area contributed by atoms with Gasteiger partial charge in [-0.3, -0.25) is 4.79 Å². The van der Waals surface area contributed by atoms with E-state index in [-0.39, 0.29) is 17.8 Å². The second-order valence-corrected chi connectivity index (χ2v) is 7.72. The predicted molar refractivity (Wildman–Crippen MR) is 87.6 cm³/mol. The molecule has 2 N–H and O–H groups in total. The van der Waals surface area contributed by atoms with Crippen LogP contribution in [0.15, 0.2) is 0 Å². The monoisotopic (exact) mass is 318 g/mol. The summed E-state index contributed by atoms with van der Waals surface area (Å²) in [6.07, 6.45) is 7.42. The van der Waals surface area contributed by atoms with Gasteiger partial charge in [-0.15, -0.1) is 12.4 Å². The summed E-state index contributed by atoms with van der Waals surface area (Å²) in [5, 5.41) is 6.76. The van der Waals surface area contributed by atoms with Crippen LogP contribution >= 0.6 is 24.2 Å². The molecule has 3 aliphatic rings. The minimum Gasteiger partial charge on any atom is -0.355 e. The summed E-state index contributed by atoms with van der Waals surface area (Å²) < 4.78 is 0. The van der Waals surface area contributed by atoms with E-state index in [0.717, 1.165) is 32.0 Å². The van der Waals surface area contributed by atoms with Gasteiger partial charge in [-0.2, -0.15) is 11.8 Å². The minimum atomic E-state index is -0.0678. The van der Waals surface area contributed by atoms with Gasteiger partial charge >= 0.3 is 0 Å². The second kappa shape index (κ2) is 7.37. The van der Waals surface area contributed by atoms with Crippen LogP contribution in [0.2, 0.25) is 0 Å². The Morgan fingerprint density at radius 3 is 2.85 bits per heavy atom. The van der Waals surface area contributed by atoms with Crippen molar-refractivity contribution in [3.05, 3.63) is 0 Å². The van der Waals surface area contributed by atoms with Crippen molar-refractivity contribution in [2.45, 2.75) is 38.5 Å². The van der Waals surface area contributed by atoms with Gasteiger partial charge in [-0.1, -0.05) is 12.8 Å². The van der Waals surface area contributed by atoms with E-state index < -0.39 is 0 Å². The van der Waals surface area contributed by atoms with Gasteiger partial charge in [0.1, 0.15) is 0 Å². The largest absolute Gasteiger partial charge is 0.355 e. The summed E-state index contributed by atoms with van der Waals surface area (Å²) in [5.74, 6) is 4.20. The molecule has 0 aromatic carbocycles. The Balaban J connectivity index is 0.00000147. The Hall–Kier alpha value is 0.0700. The van der Waals surface area contributed by atoms with Gasteiger partial charge in [0.05, 0.1) is 5.41 Å². The first kappa shape index (κ1) is 16.4. The van der Waals surface area contributed by atoms with Crippen molar-refractivity contribution in [3.63, 3.8) is 0 Å². The number of carbonyl (C=O) groups is 1. The van der Waals surface area contributed by atoms with Gasteiger partial charge in [0.2, 0.25) is 5.91 Å². The molecule has 5 heteroatoms. The predicted octanol–water partition coefficient (Wildman–Crippen LogP) is 2.45. The summed E-state index contributed by atoms with van der Waals surface area (Å²) in [5.41, 5.74) is -0.0678. The van der Waals surface area contributed by atoms with Gasteiger partial charge < -0.3 is 10.6 Å². The molecule has 0 spiro atoms. The van der Waals surface area contributed by atoms with E-state index in [9.17, 15) is 4.79 Å². The average molecular weight is 319 g/mol. The number of rotatable bonds is 3. The zero-order chi connectivity index (χ0) is 13.1. The molecule has 2 aliphatic heterocycles. The highest BCUT2D eigenvalue weighted by molar-refractivity contribution is 7.99. The van der Waals surface area contributed by atoms with Crippen LogP contribution in [0.3, 0.4) is 0 Å². The normalized spacial score (nSPS) is 34.1. The number of hydrogen-bond donors (Lipinski definition) is 2.